The van der Waals surface area contributed by atoms with E-state index in [2.05, 4.69) is 6.58 Å². The third-order valence-electron chi connectivity index (χ3n) is 5.98. The summed E-state index contributed by atoms with van der Waals surface area (Å²) >= 11 is 0. The first-order chi connectivity index (χ1) is 16.7. The topological polar surface area (TPSA) is 98.1 Å². The molecule has 4 rings (SSSR count). The van der Waals surface area contributed by atoms with Crippen LogP contribution in [0.15, 0.2) is 66.2 Å². The van der Waals surface area contributed by atoms with E-state index in [9.17, 15) is 18.3 Å². The first-order valence-electron chi connectivity index (χ1n) is 11.5. The number of carboxylic acid groups (broad SMARTS) is 1. The molecule has 186 valence electrons. The van der Waals surface area contributed by atoms with E-state index in [1.807, 2.05) is 38.2 Å². The first-order valence-corrected chi connectivity index (χ1v) is 13.0. The molecule has 0 bridgehead atoms. The van der Waals surface area contributed by atoms with Gasteiger partial charge in [-0.05, 0) is 62.2 Å². The smallest absolute Gasteiger partial charge is 0.323 e. The Labute approximate surface area is 205 Å². The predicted octanol–water partition coefficient (Wildman–Crippen LogP) is 4.26. The van der Waals surface area contributed by atoms with E-state index in [-0.39, 0.29) is 23.5 Å². The molecule has 1 unspecified atom stereocenters. The number of hydrogen-bond acceptors (Lipinski definition) is 5. The molecule has 1 N–H and O–H groups in total. The van der Waals surface area contributed by atoms with Crippen molar-refractivity contribution in [3.05, 3.63) is 66.9 Å². The number of rotatable bonds is 10. The van der Waals surface area contributed by atoms with Gasteiger partial charge in [-0.25, -0.2) is 8.42 Å². The molecule has 0 aliphatic carbocycles. The summed E-state index contributed by atoms with van der Waals surface area (Å²) < 4.78 is 41.0. The Morgan fingerprint density at radius 3 is 2.57 bits per heavy atom. The molecule has 1 aliphatic rings. The number of carbonyl (C=O) groups is 1. The lowest BCUT2D eigenvalue weighted by atomic mass is 9.98. The van der Waals surface area contributed by atoms with Crippen LogP contribution < -0.4 is 9.47 Å². The van der Waals surface area contributed by atoms with Crippen LogP contribution in [0.3, 0.4) is 0 Å². The molecule has 8 nitrogen and oxygen atoms in total. The van der Waals surface area contributed by atoms with Crippen LogP contribution in [0, 0.1) is 0 Å². The van der Waals surface area contributed by atoms with Crippen LogP contribution in [0.1, 0.15) is 31.7 Å². The lowest BCUT2D eigenvalue weighted by molar-refractivity contribution is -0.137. The Morgan fingerprint density at radius 2 is 1.91 bits per heavy atom. The Morgan fingerprint density at radius 1 is 1.20 bits per heavy atom. The van der Waals surface area contributed by atoms with Crippen molar-refractivity contribution in [2.45, 2.75) is 43.7 Å². The van der Waals surface area contributed by atoms with Crippen LogP contribution in [0.4, 0.5) is 0 Å². The van der Waals surface area contributed by atoms with Crippen molar-refractivity contribution < 1.29 is 27.8 Å². The van der Waals surface area contributed by atoms with Gasteiger partial charge in [0.2, 0.25) is 10.0 Å². The fraction of sp³-hybridized carbons (Fsp3) is 0.346. The zero-order valence-electron chi connectivity index (χ0n) is 19.9. The maximum atomic E-state index is 13.3. The van der Waals surface area contributed by atoms with E-state index in [0.29, 0.717) is 37.6 Å². The van der Waals surface area contributed by atoms with Gasteiger partial charge in [0.15, 0.2) is 0 Å². The Balaban J connectivity index is 1.59. The number of aliphatic carboxylic acids is 1. The van der Waals surface area contributed by atoms with E-state index in [4.69, 9.17) is 9.47 Å². The Bertz CT molecular complexity index is 1330. The first kappa shape index (κ1) is 24.8. The predicted molar refractivity (Wildman–Crippen MR) is 134 cm³/mol. The minimum Gasteiger partial charge on any atom is -0.491 e. The van der Waals surface area contributed by atoms with Crippen molar-refractivity contribution in [2.75, 3.05) is 19.7 Å². The van der Waals surface area contributed by atoms with Gasteiger partial charge in [0.25, 0.3) is 0 Å². The minimum absolute atomic E-state index is 0.00434. The van der Waals surface area contributed by atoms with Gasteiger partial charge in [-0.3, -0.25) is 4.79 Å². The van der Waals surface area contributed by atoms with Crippen LogP contribution in [0.25, 0.3) is 10.9 Å². The van der Waals surface area contributed by atoms with Crippen LogP contribution in [0.2, 0.25) is 0 Å². The maximum Gasteiger partial charge on any atom is 0.323 e. The summed E-state index contributed by atoms with van der Waals surface area (Å²) in [6.45, 7) is 8.35. The van der Waals surface area contributed by atoms with Crippen molar-refractivity contribution in [1.82, 2.24) is 8.87 Å². The molecule has 1 aliphatic heterocycles. The summed E-state index contributed by atoms with van der Waals surface area (Å²) in [4.78, 5) is 11.7. The molecule has 2 aromatic carbocycles. The molecule has 1 saturated heterocycles. The highest BCUT2D eigenvalue weighted by molar-refractivity contribution is 7.89. The number of ether oxygens (including phenoxy) is 2. The lowest BCUT2D eigenvalue weighted by Gasteiger charge is -2.17. The molecule has 1 aromatic heterocycles. The zero-order chi connectivity index (χ0) is 25.2. The summed E-state index contributed by atoms with van der Waals surface area (Å²) in [6.07, 6.45) is 4.12. The number of carboxylic acids is 1. The monoisotopic (exact) mass is 498 g/mol. The number of nitrogens with zero attached hydrogens (tertiary/aromatic N) is 2. The van der Waals surface area contributed by atoms with Gasteiger partial charge in [0.1, 0.15) is 24.7 Å². The molecule has 1 atom stereocenters. The largest absolute Gasteiger partial charge is 0.491 e. The fourth-order valence-corrected chi connectivity index (χ4v) is 5.96. The Kier molecular flexibility index (Phi) is 7.18. The minimum atomic E-state index is -3.66. The van der Waals surface area contributed by atoms with Gasteiger partial charge in [0, 0.05) is 36.7 Å². The van der Waals surface area contributed by atoms with Crippen molar-refractivity contribution in [3.63, 3.8) is 0 Å². The number of benzene rings is 2. The summed E-state index contributed by atoms with van der Waals surface area (Å²) in [5, 5.41) is 10.3. The molecule has 0 amide bonds. The zero-order valence-corrected chi connectivity index (χ0v) is 20.7. The molecule has 3 aromatic rings. The van der Waals surface area contributed by atoms with E-state index >= 15 is 0 Å². The molecular weight excluding hydrogens is 468 g/mol. The van der Waals surface area contributed by atoms with Crippen molar-refractivity contribution in [2.24, 2.45) is 0 Å². The normalized spacial score (nSPS) is 16.6. The summed E-state index contributed by atoms with van der Waals surface area (Å²) in [5.41, 5.74) is 1.68. The van der Waals surface area contributed by atoms with Crippen LogP contribution in [-0.4, -0.2) is 54.2 Å². The number of sulfonamides is 1. The molecule has 9 heteroatoms. The molecule has 0 spiro atoms. The van der Waals surface area contributed by atoms with Crippen molar-refractivity contribution in [1.29, 1.82) is 0 Å². The standard InChI is InChI=1S/C26H30N2O6S/c1-4-13-33-21-7-10-23-24(16-27(17-26(29)30)25(23)14-21)19-11-12-28(15-19)35(31,32)22-8-5-20(6-9-22)34-18(2)3/h4-10,14,16,18-19H,1,11-13,15,17H2,2-3H3,(H,29,30). The molecule has 1 fully saturated rings. The highest BCUT2D eigenvalue weighted by Gasteiger charge is 2.34. The van der Waals surface area contributed by atoms with E-state index in [1.165, 1.54) is 4.31 Å². The average molecular weight is 499 g/mol. The summed E-state index contributed by atoms with van der Waals surface area (Å²) in [6, 6.07) is 12.1. The van der Waals surface area contributed by atoms with Crippen molar-refractivity contribution >= 4 is 26.9 Å². The van der Waals surface area contributed by atoms with Crippen molar-refractivity contribution in [3.8, 4) is 11.5 Å². The van der Waals surface area contributed by atoms with Gasteiger partial charge in [-0.1, -0.05) is 12.7 Å². The van der Waals surface area contributed by atoms with Gasteiger partial charge in [0.05, 0.1) is 16.5 Å². The van der Waals surface area contributed by atoms with Gasteiger partial charge in [-0.15, -0.1) is 0 Å². The molecule has 0 saturated carbocycles. The summed E-state index contributed by atoms with van der Waals surface area (Å²) in [7, 11) is -3.66. The highest BCUT2D eigenvalue weighted by atomic mass is 32.2. The number of fused-ring (bicyclic) bond motifs is 1. The van der Waals surface area contributed by atoms with Crippen LogP contribution in [0.5, 0.6) is 11.5 Å². The van der Waals surface area contributed by atoms with E-state index in [1.54, 1.807) is 34.9 Å². The van der Waals surface area contributed by atoms with E-state index in [0.717, 1.165) is 16.5 Å². The molecule has 35 heavy (non-hydrogen) atoms. The average Bonchev–Trinajstić information content (AvgIpc) is 3.43. The lowest BCUT2D eigenvalue weighted by Crippen LogP contribution is -2.28. The van der Waals surface area contributed by atoms with Crippen LogP contribution in [-0.2, 0) is 21.4 Å². The van der Waals surface area contributed by atoms with Gasteiger partial charge < -0.3 is 19.1 Å². The maximum absolute atomic E-state index is 13.3. The van der Waals surface area contributed by atoms with Gasteiger partial charge in [-0.2, -0.15) is 4.31 Å². The second-order valence-corrected chi connectivity index (χ2v) is 10.8. The highest BCUT2D eigenvalue weighted by Crippen LogP contribution is 2.37. The SMILES string of the molecule is C=CCOc1ccc2c(C3CCN(S(=O)(=O)c4ccc(OC(C)C)cc4)C3)cn(CC(=O)O)c2c1. The molecule has 0 radical (unpaired) electrons. The second kappa shape index (κ2) is 10.1. The quantitative estimate of drug-likeness (QED) is 0.420. The third-order valence-corrected chi connectivity index (χ3v) is 7.86. The molecular formula is C26H30N2O6S. The number of hydrogen-bond donors (Lipinski definition) is 1. The van der Waals surface area contributed by atoms with Gasteiger partial charge >= 0.3 is 5.97 Å². The van der Waals surface area contributed by atoms with Crippen LogP contribution >= 0.6 is 0 Å². The number of aromatic nitrogens is 1. The van der Waals surface area contributed by atoms with E-state index < -0.39 is 16.0 Å². The third kappa shape index (κ3) is 5.36. The Hall–Kier alpha value is -3.30. The summed E-state index contributed by atoms with van der Waals surface area (Å²) in [5.74, 6) is 0.243. The fourth-order valence-electron chi connectivity index (χ4n) is 4.46. The second-order valence-electron chi connectivity index (χ2n) is 8.87. The molecule has 2 heterocycles.